The summed E-state index contributed by atoms with van der Waals surface area (Å²) in [5, 5.41) is 2.96. The quantitative estimate of drug-likeness (QED) is 0.335. The van der Waals surface area contributed by atoms with Crippen LogP contribution in [0.15, 0.2) is 72.8 Å². The predicted molar refractivity (Wildman–Crippen MR) is 161 cm³/mol. The number of hydrogen-bond acceptors (Lipinski definition) is 6. The molecule has 226 valence electrons. The third-order valence-corrected chi connectivity index (χ3v) is 7.51. The van der Waals surface area contributed by atoms with Crippen LogP contribution in [0.5, 0.6) is 11.5 Å². The highest BCUT2D eigenvalue weighted by Crippen LogP contribution is 2.32. The molecular formula is C31H38FN3O6S. The predicted octanol–water partition coefficient (Wildman–Crippen LogP) is 4.16. The number of halogens is 1. The number of rotatable bonds is 12. The van der Waals surface area contributed by atoms with Crippen molar-refractivity contribution in [2.24, 2.45) is 0 Å². The van der Waals surface area contributed by atoms with Crippen molar-refractivity contribution in [2.75, 3.05) is 31.3 Å². The van der Waals surface area contributed by atoms with E-state index in [0.29, 0.717) is 11.3 Å². The molecule has 1 N–H and O–H groups in total. The molecule has 2 amide bonds. The van der Waals surface area contributed by atoms with Crippen LogP contribution in [0.25, 0.3) is 0 Å². The molecule has 0 aliphatic carbocycles. The lowest BCUT2D eigenvalue weighted by molar-refractivity contribution is -0.140. The molecule has 1 atom stereocenters. The van der Waals surface area contributed by atoms with E-state index < -0.39 is 45.8 Å². The van der Waals surface area contributed by atoms with Gasteiger partial charge in [0, 0.05) is 24.6 Å². The minimum atomic E-state index is -3.96. The number of hydrogen-bond donors (Lipinski definition) is 1. The first-order valence-electron chi connectivity index (χ1n) is 13.3. The van der Waals surface area contributed by atoms with Crippen LogP contribution in [0, 0.1) is 5.82 Å². The van der Waals surface area contributed by atoms with Crippen LogP contribution >= 0.6 is 0 Å². The van der Waals surface area contributed by atoms with Crippen molar-refractivity contribution in [3.63, 3.8) is 0 Å². The summed E-state index contributed by atoms with van der Waals surface area (Å²) >= 11 is 0. The molecule has 3 aromatic carbocycles. The Balaban J connectivity index is 2.09. The van der Waals surface area contributed by atoms with E-state index in [2.05, 4.69) is 5.32 Å². The first-order valence-corrected chi connectivity index (χ1v) is 15.2. The van der Waals surface area contributed by atoms with E-state index in [-0.39, 0.29) is 24.4 Å². The second-order valence-corrected chi connectivity index (χ2v) is 12.8. The van der Waals surface area contributed by atoms with Crippen LogP contribution in [-0.2, 0) is 32.6 Å². The number of ether oxygens (including phenoxy) is 2. The summed E-state index contributed by atoms with van der Waals surface area (Å²) in [7, 11) is -1.09. The molecule has 0 aliphatic rings. The molecule has 0 aromatic heterocycles. The summed E-state index contributed by atoms with van der Waals surface area (Å²) in [5.74, 6) is -0.797. The molecule has 11 heteroatoms. The first-order chi connectivity index (χ1) is 19.7. The van der Waals surface area contributed by atoms with Crippen molar-refractivity contribution < 1.29 is 31.9 Å². The molecular weight excluding hydrogens is 561 g/mol. The maximum absolute atomic E-state index is 14.1. The number of amides is 2. The van der Waals surface area contributed by atoms with Gasteiger partial charge >= 0.3 is 0 Å². The second-order valence-electron chi connectivity index (χ2n) is 10.9. The van der Waals surface area contributed by atoms with Gasteiger partial charge in [-0.05, 0) is 56.2 Å². The highest BCUT2D eigenvalue weighted by atomic mass is 32.2. The highest BCUT2D eigenvalue weighted by Gasteiger charge is 2.34. The van der Waals surface area contributed by atoms with E-state index in [1.54, 1.807) is 6.07 Å². The van der Waals surface area contributed by atoms with Gasteiger partial charge in [-0.15, -0.1) is 0 Å². The Morgan fingerprint density at radius 3 is 2.07 bits per heavy atom. The summed E-state index contributed by atoms with van der Waals surface area (Å²) in [6.45, 7) is 4.85. The van der Waals surface area contributed by atoms with E-state index in [9.17, 15) is 22.4 Å². The lowest BCUT2D eigenvalue weighted by Gasteiger charge is -2.35. The highest BCUT2D eigenvalue weighted by molar-refractivity contribution is 7.92. The fourth-order valence-electron chi connectivity index (χ4n) is 4.39. The lowest BCUT2D eigenvalue weighted by Crippen LogP contribution is -2.56. The molecule has 3 rings (SSSR count). The molecule has 9 nitrogen and oxygen atoms in total. The number of nitrogens with one attached hydrogen (secondary N) is 1. The number of methoxy groups -OCH3 is 2. The van der Waals surface area contributed by atoms with Crippen molar-refractivity contribution in [3.8, 4) is 11.5 Å². The van der Waals surface area contributed by atoms with E-state index in [0.717, 1.165) is 16.1 Å². The maximum atomic E-state index is 14.1. The minimum absolute atomic E-state index is 0.0578. The Labute approximate surface area is 247 Å². The second kappa shape index (κ2) is 13.7. The van der Waals surface area contributed by atoms with Crippen LogP contribution < -0.4 is 19.1 Å². The Bertz CT molecular complexity index is 1470. The molecule has 0 spiro atoms. The number of sulfonamides is 1. The normalized spacial score (nSPS) is 12.3. The molecule has 1 unspecified atom stereocenters. The zero-order valence-corrected chi connectivity index (χ0v) is 25.6. The number of carbonyl (C=O) groups excluding carboxylic acids is 2. The summed E-state index contributed by atoms with van der Waals surface area (Å²) in [6, 6.07) is 18.3. The van der Waals surface area contributed by atoms with Gasteiger partial charge in [0.05, 0.1) is 26.2 Å². The SMILES string of the molecule is COc1ccc(N(CC(=O)N(Cc2ccc(F)cc2)C(Cc2ccccc2)C(=O)NC(C)(C)C)S(C)(=O)=O)cc1OC. The molecule has 42 heavy (non-hydrogen) atoms. The summed E-state index contributed by atoms with van der Waals surface area (Å²) < 4.78 is 51.2. The Kier molecular flexibility index (Phi) is 10.6. The summed E-state index contributed by atoms with van der Waals surface area (Å²) in [6.07, 6.45) is 1.17. The molecule has 0 fully saturated rings. The largest absolute Gasteiger partial charge is 0.493 e. The van der Waals surface area contributed by atoms with E-state index in [1.807, 2.05) is 51.1 Å². The zero-order valence-electron chi connectivity index (χ0n) is 24.8. The molecule has 0 saturated heterocycles. The van der Waals surface area contributed by atoms with Crippen LogP contribution in [0.1, 0.15) is 31.9 Å². The fourth-order valence-corrected chi connectivity index (χ4v) is 5.23. The van der Waals surface area contributed by atoms with Crippen molar-refractivity contribution in [1.82, 2.24) is 10.2 Å². The fraction of sp³-hybridized carbons (Fsp3) is 0.355. The van der Waals surface area contributed by atoms with Crippen LogP contribution in [0.2, 0.25) is 0 Å². The Morgan fingerprint density at radius 2 is 1.52 bits per heavy atom. The van der Waals surface area contributed by atoms with Crippen molar-refractivity contribution in [3.05, 3.63) is 89.7 Å². The topological polar surface area (TPSA) is 105 Å². The van der Waals surface area contributed by atoms with Gasteiger partial charge < -0.3 is 19.7 Å². The molecule has 0 heterocycles. The standard InChI is InChI=1S/C31H38FN3O6S/c1-31(2,3)33-30(37)26(18-22-10-8-7-9-11-22)34(20-23-12-14-24(32)15-13-23)29(36)21-35(42(6,38)39)25-16-17-27(40-4)28(19-25)41-5/h7-17,19,26H,18,20-21H2,1-6H3,(H,33,37). The smallest absolute Gasteiger partial charge is 0.244 e. The average Bonchev–Trinajstić information content (AvgIpc) is 2.93. The first kappa shape index (κ1) is 32.4. The summed E-state index contributed by atoms with van der Waals surface area (Å²) in [4.78, 5) is 29.2. The Hall–Kier alpha value is -4.12. The van der Waals surface area contributed by atoms with Gasteiger partial charge in [-0.25, -0.2) is 12.8 Å². The monoisotopic (exact) mass is 599 g/mol. The van der Waals surface area contributed by atoms with E-state index >= 15 is 0 Å². The number of benzene rings is 3. The minimum Gasteiger partial charge on any atom is -0.493 e. The molecule has 0 saturated carbocycles. The number of carbonyl (C=O) groups is 2. The third kappa shape index (κ3) is 8.94. The van der Waals surface area contributed by atoms with Gasteiger partial charge in [0.15, 0.2) is 11.5 Å². The number of anilines is 1. The zero-order chi connectivity index (χ0) is 31.1. The maximum Gasteiger partial charge on any atom is 0.244 e. The summed E-state index contributed by atoms with van der Waals surface area (Å²) in [5.41, 5.74) is 0.963. The van der Waals surface area contributed by atoms with Gasteiger partial charge in [0.1, 0.15) is 18.4 Å². The van der Waals surface area contributed by atoms with Crippen molar-refractivity contribution in [1.29, 1.82) is 0 Å². The van der Waals surface area contributed by atoms with Gasteiger partial charge in [-0.2, -0.15) is 0 Å². The van der Waals surface area contributed by atoms with Crippen LogP contribution in [0.3, 0.4) is 0 Å². The molecule has 0 radical (unpaired) electrons. The van der Waals surface area contributed by atoms with Crippen molar-refractivity contribution in [2.45, 2.75) is 45.3 Å². The number of nitrogens with zero attached hydrogens (tertiary/aromatic N) is 2. The Morgan fingerprint density at radius 1 is 0.905 bits per heavy atom. The van der Waals surface area contributed by atoms with Crippen molar-refractivity contribution >= 4 is 27.5 Å². The average molecular weight is 600 g/mol. The van der Waals surface area contributed by atoms with Crippen LogP contribution in [-0.4, -0.2) is 63.7 Å². The van der Waals surface area contributed by atoms with Gasteiger partial charge in [-0.3, -0.25) is 13.9 Å². The third-order valence-electron chi connectivity index (χ3n) is 6.37. The van der Waals surface area contributed by atoms with Gasteiger partial charge in [0.25, 0.3) is 0 Å². The molecule has 0 aliphatic heterocycles. The van der Waals surface area contributed by atoms with Gasteiger partial charge in [-0.1, -0.05) is 42.5 Å². The molecule has 0 bridgehead atoms. The van der Waals surface area contributed by atoms with Crippen LogP contribution in [0.4, 0.5) is 10.1 Å². The van der Waals surface area contributed by atoms with E-state index in [1.165, 1.54) is 55.5 Å². The van der Waals surface area contributed by atoms with E-state index in [4.69, 9.17) is 9.47 Å². The lowest BCUT2D eigenvalue weighted by atomic mass is 10.0. The van der Waals surface area contributed by atoms with Gasteiger partial charge in [0.2, 0.25) is 21.8 Å². The molecule has 3 aromatic rings.